The molecule has 0 fully saturated rings. The molecule has 2 aromatic heterocycles. The SMILES string of the molecule is COc1ccccc1-n1c(SC(C(=O)NC(N)=O)C(C)C)nc2sc3c(c2c1=O)CCCC3. The molecule has 2 heterocycles. The number of carbonyl (C=O) groups is 2. The van der Waals surface area contributed by atoms with Gasteiger partial charge < -0.3 is 10.5 Å². The number of rotatable bonds is 6. The summed E-state index contributed by atoms with van der Waals surface area (Å²) in [4.78, 5) is 44.7. The monoisotopic (exact) mass is 486 g/mol. The Labute approximate surface area is 199 Å². The summed E-state index contributed by atoms with van der Waals surface area (Å²) in [5.74, 6) is -0.145. The molecule has 0 bridgehead atoms. The number of thioether (sulfide) groups is 1. The first-order chi connectivity index (χ1) is 15.8. The fourth-order valence-electron chi connectivity index (χ4n) is 4.09. The second-order valence-electron chi connectivity index (χ2n) is 8.23. The van der Waals surface area contributed by atoms with Crippen molar-refractivity contribution in [3.05, 3.63) is 45.1 Å². The van der Waals surface area contributed by atoms with Crippen molar-refractivity contribution < 1.29 is 14.3 Å². The Morgan fingerprint density at radius 2 is 1.97 bits per heavy atom. The lowest BCUT2D eigenvalue weighted by atomic mass is 9.97. The van der Waals surface area contributed by atoms with Gasteiger partial charge in [-0.05, 0) is 49.3 Å². The van der Waals surface area contributed by atoms with Crippen LogP contribution in [0.4, 0.5) is 4.79 Å². The van der Waals surface area contributed by atoms with Crippen molar-refractivity contribution >= 4 is 45.3 Å². The topological polar surface area (TPSA) is 116 Å². The number of nitrogens with one attached hydrogen (secondary N) is 1. The van der Waals surface area contributed by atoms with Crippen LogP contribution in [-0.4, -0.2) is 33.8 Å². The van der Waals surface area contributed by atoms with Crippen LogP contribution >= 0.6 is 23.1 Å². The molecule has 4 rings (SSSR count). The molecule has 0 saturated heterocycles. The van der Waals surface area contributed by atoms with Gasteiger partial charge >= 0.3 is 6.03 Å². The molecule has 3 aromatic rings. The molecule has 1 aliphatic rings. The van der Waals surface area contributed by atoms with E-state index < -0.39 is 17.2 Å². The van der Waals surface area contributed by atoms with Crippen LogP contribution in [0.1, 0.15) is 37.1 Å². The first-order valence-electron chi connectivity index (χ1n) is 10.8. The van der Waals surface area contributed by atoms with Gasteiger partial charge in [-0.15, -0.1) is 11.3 Å². The number of nitrogens with two attached hydrogens (primary N) is 1. The van der Waals surface area contributed by atoms with E-state index in [4.69, 9.17) is 15.5 Å². The molecular formula is C23H26N4O4S2. The lowest BCUT2D eigenvalue weighted by molar-refractivity contribution is -0.120. The van der Waals surface area contributed by atoms with Crippen molar-refractivity contribution in [3.63, 3.8) is 0 Å². The van der Waals surface area contributed by atoms with E-state index in [1.165, 1.54) is 9.44 Å². The predicted octanol–water partition coefficient (Wildman–Crippen LogP) is 3.65. The fraction of sp³-hybridized carbons (Fsp3) is 0.391. The second kappa shape index (κ2) is 9.56. The van der Waals surface area contributed by atoms with Gasteiger partial charge in [-0.25, -0.2) is 9.78 Å². The van der Waals surface area contributed by atoms with Crippen LogP contribution in [0.2, 0.25) is 0 Å². The van der Waals surface area contributed by atoms with Crippen LogP contribution < -0.4 is 21.3 Å². The Kier molecular flexibility index (Phi) is 6.76. The van der Waals surface area contributed by atoms with Crippen molar-refractivity contribution in [2.45, 2.75) is 49.9 Å². The highest BCUT2D eigenvalue weighted by atomic mass is 32.2. The van der Waals surface area contributed by atoms with Gasteiger partial charge in [0.1, 0.15) is 10.6 Å². The number of fused-ring (bicyclic) bond motifs is 3. The highest BCUT2D eigenvalue weighted by molar-refractivity contribution is 8.00. The van der Waals surface area contributed by atoms with Crippen molar-refractivity contribution in [2.75, 3.05) is 7.11 Å². The lowest BCUT2D eigenvalue weighted by Gasteiger charge is -2.21. The van der Waals surface area contributed by atoms with Crippen molar-refractivity contribution in [3.8, 4) is 11.4 Å². The first-order valence-corrected chi connectivity index (χ1v) is 12.5. The maximum Gasteiger partial charge on any atom is 0.318 e. The van der Waals surface area contributed by atoms with E-state index >= 15 is 0 Å². The Hall–Kier alpha value is -2.85. The van der Waals surface area contributed by atoms with Crippen molar-refractivity contribution in [2.24, 2.45) is 11.7 Å². The highest BCUT2D eigenvalue weighted by Gasteiger charge is 2.29. The Morgan fingerprint density at radius 1 is 1.24 bits per heavy atom. The number of nitrogens with zero attached hydrogens (tertiary/aromatic N) is 2. The summed E-state index contributed by atoms with van der Waals surface area (Å²) >= 11 is 2.70. The normalized spacial score (nSPS) is 14.2. The maximum absolute atomic E-state index is 13.9. The van der Waals surface area contributed by atoms with Crippen LogP contribution in [0.15, 0.2) is 34.2 Å². The number of aryl methyl sites for hydroxylation is 2. The number of ether oxygens (including phenoxy) is 1. The summed E-state index contributed by atoms with van der Waals surface area (Å²) in [6.45, 7) is 3.73. The lowest BCUT2D eigenvalue weighted by Crippen LogP contribution is -2.42. The summed E-state index contributed by atoms with van der Waals surface area (Å²) in [5, 5.41) is 2.49. The molecule has 1 atom stereocenters. The zero-order chi connectivity index (χ0) is 23.7. The Balaban J connectivity index is 1.95. The minimum Gasteiger partial charge on any atom is -0.495 e. The largest absolute Gasteiger partial charge is 0.495 e. The van der Waals surface area contributed by atoms with Gasteiger partial charge in [0.05, 0.1) is 23.4 Å². The minimum atomic E-state index is -0.914. The number of urea groups is 1. The van der Waals surface area contributed by atoms with Crippen LogP contribution in [-0.2, 0) is 17.6 Å². The van der Waals surface area contributed by atoms with Gasteiger partial charge in [0.15, 0.2) is 5.16 Å². The average Bonchev–Trinajstić information content (AvgIpc) is 3.15. The molecule has 3 N–H and O–H groups in total. The van der Waals surface area contributed by atoms with E-state index in [0.717, 1.165) is 43.0 Å². The maximum atomic E-state index is 13.9. The molecule has 10 heteroatoms. The van der Waals surface area contributed by atoms with Gasteiger partial charge in [-0.1, -0.05) is 37.7 Å². The van der Waals surface area contributed by atoms with Gasteiger partial charge in [0.2, 0.25) is 5.91 Å². The molecule has 3 amide bonds. The van der Waals surface area contributed by atoms with E-state index in [2.05, 4.69) is 5.32 Å². The van der Waals surface area contributed by atoms with Gasteiger partial charge in [0, 0.05) is 4.88 Å². The summed E-state index contributed by atoms with van der Waals surface area (Å²) in [6, 6.07) is 6.32. The van der Waals surface area contributed by atoms with Crippen molar-refractivity contribution in [1.29, 1.82) is 0 Å². The van der Waals surface area contributed by atoms with E-state index in [-0.39, 0.29) is 11.5 Å². The molecule has 8 nitrogen and oxygen atoms in total. The summed E-state index contributed by atoms with van der Waals surface area (Å²) in [6.07, 6.45) is 3.96. The molecule has 0 spiro atoms. The van der Waals surface area contributed by atoms with Crippen molar-refractivity contribution in [1.82, 2.24) is 14.9 Å². The number of imide groups is 1. The Morgan fingerprint density at radius 3 is 2.67 bits per heavy atom. The molecule has 1 aliphatic carbocycles. The van der Waals surface area contributed by atoms with Gasteiger partial charge in [-0.3, -0.25) is 19.5 Å². The van der Waals surface area contributed by atoms with Gasteiger partial charge in [0.25, 0.3) is 5.56 Å². The number of aromatic nitrogens is 2. The molecule has 0 aliphatic heterocycles. The average molecular weight is 487 g/mol. The molecular weight excluding hydrogens is 460 g/mol. The van der Waals surface area contributed by atoms with E-state index in [1.54, 1.807) is 30.6 Å². The molecule has 0 saturated carbocycles. The number of thiophene rings is 1. The number of primary amides is 1. The number of hydrogen-bond acceptors (Lipinski definition) is 7. The summed E-state index contributed by atoms with van der Waals surface area (Å²) in [5.41, 5.74) is 6.64. The molecule has 1 unspecified atom stereocenters. The number of amides is 3. The van der Waals surface area contributed by atoms with Gasteiger partial charge in [-0.2, -0.15) is 0 Å². The smallest absolute Gasteiger partial charge is 0.318 e. The summed E-state index contributed by atoms with van der Waals surface area (Å²) < 4.78 is 7.06. The standard InChI is InChI=1S/C23H26N4O4S2/c1-12(2)18(19(28)25-22(24)30)33-23-26-20-17(13-8-4-7-11-16(13)32-20)21(29)27(23)14-9-5-6-10-15(14)31-3/h5-6,9-10,12,18H,4,7-8,11H2,1-3H3,(H3,24,25,28,30). The number of methoxy groups -OCH3 is 1. The zero-order valence-electron chi connectivity index (χ0n) is 18.7. The number of hydrogen-bond donors (Lipinski definition) is 2. The quantitative estimate of drug-likeness (QED) is 0.406. The van der Waals surface area contributed by atoms with Crippen LogP contribution in [0.25, 0.3) is 15.9 Å². The third-order valence-corrected chi connectivity index (χ3v) is 8.31. The number of benzene rings is 1. The third-order valence-electron chi connectivity index (χ3n) is 5.63. The predicted molar refractivity (Wildman–Crippen MR) is 131 cm³/mol. The van der Waals surface area contributed by atoms with E-state index in [0.29, 0.717) is 26.8 Å². The third kappa shape index (κ3) is 4.49. The molecule has 1 aromatic carbocycles. The van der Waals surface area contributed by atoms with E-state index in [9.17, 15) is 14.4 Å². The highest BCUT2D eigenvalue weighted by Crippen LogP contribution is 2.37. The minimum absolute atomic E-state index is 0.149. The molecule has 33 heavy (non-hydrogen) atoms. The molecule has 174 valence electrons. The second-order valence-corrected chi connectivity index (χ2v) is 10.4. The number of carbonyl (C=O) groups excluding carboxylic acids is 2. The first kappa shape index (κ1) is 23.3. The fourth-order valence-corrected chi connectivity index (χ4v) is 6.50. The van der Waals surface area contributed by atoms with Crippen LogP contribution in [0.3, 0.4) is 0 Å². The van der Waals surface area contributed by atoms with Crippen LogP contribution in [0, 0.1) is 5.92 Å². The zero-order valence-corrected chi connectivity index (χ0v) is 20.3. The summed E-state index contributed by atoms with van der Waals surface area (Å²) in [7, 11) is 1.55. The van der Waals surface area contributed by atoms with E-state index in [1.807, 2.05) is 26.0 Å². The Bertz CT molecular complexity index is 1280. The van der Waals surface area contributed by atoms with Crippen LogP contribution in [0.5, 0.6) is 5.75 Å². The number of para-hydroxylation sites is 2. The molecule has 0 radical (unpaired) electrons.